The van der Waals surface area contributed by atoms with Crippen molar-refractivity contribution in [1.29, 1.82) is 0 Å². The van der Waals surface area contributed by atoms with E-state index in [1.54, 1.807) is 0 Å². The quantitative estimate of drug-likeness (QED) is 0.637. The van der Waals surface area contributed by atoms with Crippen molar-refractivity contribution in [2.45, 2.75) is 13.3 Å². The Hall–Kier alpha value is -1.02. The van der Waals surface area contributed by atoms with Gasteiger partial charge in [-0.3, -0.25) is 4.90 Å². The second-order valence-electron chi connectivity index (χ2n) is 3.86. The molecule has 0 aromatic carbocycles. The largest absolute Gasteiger partial charge is 0.369 e. The van der Waals surface area contributed by atoms with Crippen LogP contribution in [0.5, 0.6) is 0 Å². The maximum atomic E-state index is 3.84. The van der Waals surface area contributed by atoms with Crippen molar-refractivity contribution in [1.82, 2.24) is 9.80 Å². The summed E-state index contributed by atoms with van der Waals surface area (Å²) in [6.07, 6.45) is 7.02. The highest BCUT2D eigenvalue weighted by Gasteiger charge is 2.15. The van der Waals surface area contributed by atoms with Gasteiger partial charge in [-0.25, -0.2) is 0 Å². The summed E-state index contributed by atoms with van der Waals surface area (Å²) < 4.78 is 0. The Morgan fingerprint density at radius 1 is 1.20 bits per heavy atom. The van der Waals surface area contributed by atoms with Crippen LogP contribution in [0.3, 0.4) is 0 Å². The summed E-state index contributed by atoms with van der Waals surface area (Å²) in [6.45, 7) is 15.6. The Morgan fingerprint density at radius 3 is 2.33 bits per heavy atom. The molecule has 15 heavy (non-hydrogen) atoms. The first kappa shape index (κ1) is 12.1. The number of hydrogen-bond acceptors (Lipinski definition) is 2. The van der Waals surface area contributed by atoms with Gasteiger partial charge in [-0.2, -0.15) is 0 Å². The van der Waals surface area contributed by atoms with E-state index < -0.39 is 0 Å². The molecule has 2 heteroatoms. The Morgan fingerprint density at radius 2 is 1.87 bits per heavy atom. The van der Waals surface area contributed by atoms with Crippen molar-refractivity contribution >= 4 is 0 Å². The van der Waals surface area contributed by atoms with E-state index in [0.29, 0.717) is 0 Å². The minimum atomic E-state index is 1.10. The van der Waals surface area contributed by atoms with E-state index in [-0.39, 0.29) is 0 Å². The van der Waals surface area contributed by atoms with Gasteiger partial charge in [0.25, 0.3) is 0 Å². The maximum Gasteiger partial charge on any atom is 0.0360 e. The molecule has 0 amide bonds. The third-order valence-corrected chi connectivity index (χ3v) is 2.78. The summed E-state index contributed by atoms with van der Waals surface area (Å²) in [7, 11) is 0. The lowest BCUT2D eigenvalue weighted by atomic mass is 10.2. The summed E-state index contributed by atoms with van der Waals surface area (Å²) in [4.78, 5) is 4.89. The molecule has 0 bridgehead atoms. The molecule has 1 rings (SSSR count). The van der Waals surface area contributed by atoms with Crippen LogP contribution in [0.25, 0.3) is 0 Å². The van der Waals surface area contributed by atoms with Crippen LogP contribution in [0.15, 0.2) is 37.1 Å². The third kappa shape index (κ3) is 3.56. The van der Waals surface area contributed by atoms with Crippen molar-refractivity contribution in [2.24, 2.45) is 0 Å². The summed E-state index contributed by atoms with van der Waals surface area (Å²) in [5.41, 5.74) is 1.20. The predicted molar refractivity (Wildman–Crippen MR) is 66.8 cm³/mol. The highest BCUT2D eigenvalue weighted by Crippen LogP contribution is 2.10. The van der Waals surface area contributed by atoms with Gasteiger partial charge < -0.3 is 4.90 Å². The van der Waals surface area contributed by atoms with Gasteiger partial charge in [0.2, 0.25) is 0 Å². The van der Waals surface area contributed by atoms with E-state index >= 15 is 0 Å². The van der Waals surface area contributed by atoms with Crippen LogP contribution < -0.4 is 0 Å². The molecule has 0 aromatic heterocycles. The smallest absolute Gasteiger partial charge is 0.0360 e. The monoisotopic (exact) mass is 206 g/mol. The number of piperazine rings is 1. The molecule has 0 aliphatic carbocycles. The first-order valence-corrected chi connectivity index (χ1v) is 5.74. The van der Waals surface area contributed by atoms with Gasteiger partial charge in [0.05, 0.1) is 0 Å². The average Bonchev–Trinajstić information content (AvgIpc) is 2.28. The van der Waals surface area contributed by atoms with E-state index in [1.165, 1.54) is 18.7 Å². The second-order valence-corrected chi connectivity index (χ2v) is 3.86. The topological polar surface area (TPSA) is 6.48 Å². The molecule has 1 aliphatic heterocycles. The molecule has 84 valence electrons. The Labute approximate surface area is 93.6 Å². The first-order valence-electron chi connectivity index (χ1n) is 5.74. The Bertz CT molecular complexity index is 235. The van der Waals surface area contributed by atoms with E-state index in [9.17, 15) is 0 Å². The minimum absolute atomic E-state index is 1.10. The van der Waals surface area contributed by atoms with E-state index in [2.05, 4.69) is 29.9 Å². The van der Waals surface area contributed by atoms with Gasteiger partial charge in [-0.15, -0.1) is 0 Å². The van der Waals surface area contributed by atoms with Crippen LogP contribution in [-0.4, -0.2) is 42.5 Å². The predicted octanol–water partition coefficient (Wildman–Crippen LogP) is 2.27. The summed E-state index contributed by atoms with van der Waals surface area (Å²) in [5, 5.41) is 0. The van der Waals surface area contributed by atoms with Crippen LogP contribution in [0.2, 0.25) is 0 Å². The lowest BCUT2D eigenvalue weighted by molar-refractivity contribution is 0.162. The fraction of sp³-hybridized carbons (Fsp3) is 0.538. The number of hydrogen-bond donors (Lipinski definition) is 0. The molecule has 2 nitrogen and oxygen atoms in total. The van der Waals surface area contributed by atoms with E-state index in [0.717, 1.165) is 26.2 Å². The molecule has 0 spiro atoms. The van der Waals surface area contributed by atoms with Gasteiger partial charge in [-0.05, 0) is 25.1 Å². The lowest BCUT2D eigenvalue weighted by Crippen LogP contribution is -2.45. The third-order valence-electron chi connectivity index (χ3n) is 2.78. The number of rotatable bonds is 5. The summed E-state index contributed by atoms with van der Waals surface area (Å²) in [6, 6.07) is 0. The lowest BCUT2D eigenvalue weighted by Gasteiger charge is -2.36. The zero-order valence-electron chi connectivity index (χ0n) is 9.78. The van der Waals surface area contributed by atoms with Gasteiger partial charge >= 0.3 is 0 Å². The highest BCUT2D eigenvalue weighted by atomic mass is 15.3. The fourth-order valence-corrected chi connectivity index (χ4v) is 1.97. The molecular weight excluding hydrogens is 184 g/mol. The van der Waals surface area contributed by atoms with Crippen LogP contribution >= 0.6 is 0 Å². The van der Waals surface area contributed by atoms with E-state index in [4.69, 9.17) is 0 Å². The molecule has 0 N–H and O–H groups in total. The maximum absolute atomic E-state index is 3.84. The van der Waals surface area contributed by atoms with Crippen molar-refractivity contribution in [3.05, 3.63) is 37.1 Å². The molecule has 1 saturated heterocycles. The van der Waals surface area contributed by atoms with Crippen LogP contribution in [0.4, 0.5) is 0 Å². The van der Waals surface area contributed by atoms with Gasteiger partial charge in [-0.1, -0.05) is 26.2 Å². The molecule has 1 heterocycles. The van der Waals surface area contributed by atoms with Crippen LogP contribution in [0, 0.1) is 0 Å². The highest BCUT2D eigenvalue weighted by molar-refractivity contribution is 5.20. The molecule has 1 aliphatic rings. The molecule has 0 unspecified atom stereocenters. The average molecular weight is 206 g/mol. The molecule has 0 aromatic rings. The Balaban J connectivity index is 2.45. The van der Waals surface area contributed by atoms with Crippen LogP contribution in [-0.2, 0) is 0 Å². The van der Waals surface area contributed by atoms with Crippen molar-refractivity contribution in [3.8, 4) is 0 Å². The Kier molecular flexibility index (Phi) is 5.19. The van der Waals surface area contributed by atoms with Gasteiger partial charge in [0.15, 0.2) is 0 Å². The first-order chi connectivity index (χ1) is 7.31. The minimum Gasteiger partial charge on any atom is -0.369 e. The zero-order valence-corrected chi connectivity index (χ0v) is 9.78. The van der Waals surface area contributed by atoms with Gasteiger partial charge in [0, 0.05) is 31.9 Å². The molecule has 0 saturated carbocycles. The fourth-order valence-electron chi connectivity index (χ4n) is 1.97. The zero-order chi connectivity index (χ0) is 11.1. The number of allylic oxidation sites excluding steroid dienone is 3. The SMILES string of the molecule is C=C/C=C(\C=C)N1CCN(CCC)CC1. The molecule has 0 radical (unpaired) electrons. The standard InChI is InChI=1S/C13H22N2/c1-4-7-13(6-3)15-11-9-14(8-5-2)10-12-15/h4,6-7H,1,3,5,8-12H2,2H3/b13-7+. The molecule has 0 atom stereocenters. The van der Waals surface area contributed by atoms with E-state index in [1.807, 2.05) is 18.2 Å². The normalized spacial score (nSPS) is 19.0. The molecule has 1 fully saturated rings. The van der Waals surface area contributed by atoms with Gasteiger partial charge in [0.1, 0.15) is 0 Å². The second kappa shape index (κ2) is 6.46. The molecular formula is C13H22N2. The van der Waals surface area contributed by atoms with Crippen molar-refractivity contribution in [2.75, 3.05) is 32.7 Å². The van der Waals surface area contributed by atoms with Crippen LogP contribution in [0.1, 0.15) is 13.3 Å². The van der Waals surface area contributed by atoms with Crippen molar-refractivity contribution < 1.29 is 0 Å². The van der Waals surface area contributed by atoms with Crippen molar-refractivity contribution in [3.63, 3.8) is 0 Å². The summed E-state index contributed by atoms with van der Waals surface area (Å²) >= 11 is 0. The number of nitrogens with zero attached hydrogens (tertiary/aromatic N) is 2. The summed E-state index contributed by atoms with van der Waals surface area (Å²) in [5.74, 6) is 0.